The number of rotatable bonds is 3. The molecule has 0 fully saturated rings. The first kappa shape index (κ1) is 7.76. The summed E-state index contributed by atoms with van der Waals surface area (Å²) in [6.07, 6.45) is 2.99. The molecule has 0 unspecified atom stereocenters. The molecule has 0 bridgehead atoms. The summed E-state index contributed by atoms with van der Waals surface area (Å²) in [6.45, 7) is 5.49. The SMILES string of the molecule is C=N/C(=C\SC)CC. The molecule has 0 spiro atoms. The number of aliphatic imine (C=N–C) groups is 1. The lowest BCUT2D eigenvalue weighted by Crippen LogP contribution is -1.69. The third kappa shape index (κ3) is 2.86. The van der Waals surface area contributed by atoms with Gasteiger partial charge < -0.3 is 0 Å². The zero-order valence-electron chi connectivity index (χ0n) is 5.35. The lowest BCUT2D eigenvalue weighted by atomic mass is 10.4. The fraction of sp³-hybridized carbons (Fsp3) is 0.500. The van der Waals surface area contributed by atoms with Gasteiger partial charge in [-0.2, -0.15) is 0 Å². The number of hydrogen-bond acceptors (Lipinski definition) is 2. The Balaban J connectivity index is 3.66. The molecule has 0 atom stereocenters. The van der Waals surface area contributed by atoms with Crippen molar-refractivity contribution in [3.63, 3.8) is 0 Å². The second-order valence-electron chi connectivity index (χ2n) is 1.36. The van der Waals surface area contributed by atoms with Crippen LogP contribution in [0.15, 0.2) is 16.1 Å². The maximum Gasteiger partial charge on any atom is 0.0456 e. The minimum atomic E-state index is 0.977. The molecule has 8 heavy (non-hydrogen) atoms. The van der Waals surface area contributed by atoms with Gasteiger partial charge in [0.2, 0.25) is 0 Å². The molecule has 2 heteroatoms. The Morgan fingerprint density at radius 2 is 2.50 bits per heavy atom. The second kappa shape index (κ2) is 4.91. The largest absolute Gasteiger partial charge is 0.269 e. The summed E-state index contributed by atoms with van der Waals surface area (Å²) in [6, 6.07) is 0. The average Bonchev–Trinajstić information content (AvgIpc) is 1.83. The van der Waals surface area contributed by atoms with Gasteiger partial charge in [-0.1, -0.05) is 6.92 Å². The molecule has 0 aromatic heterocycles. The van der Waals surface area contributed by atoms with E-state index in [9.17, 15) is 0 Å². The molecule has 0 rings (SSSR count). The van der Waals surface area contributed by atoms with E-state index >= 15 is 0 Å². The Kier molecular flexibility index (Phi) is 4.76. The van der Waals surface area contributed by atoms with Crippen molar-refractivity contribution >= 4 is 18.5 Å². The van der Waals surface area contributed by atoms with Crippen molar-refractivity contribution < 1.29 is 0 Å². The van der Waals surface area contributed by atoms with Gasteiger partial charge in [0.15, 0.2) is 0 Å². The van der Waals surface area contributed by atoms with Gasteiger partial charge in [-0.3, -0.25) is 4.99 Å². The molecule has 0 aliphatic heterocycles. The van der Waals surface area contributed by atoms with Crippen molar-refractivity contribution in [1.82, 2.24) is 0 Å². The van der Waals surface area contributed by atoms with Crippen LogP contribution in [0.1, 0.15) is 13.3 Å². The van der Waals surface area contributed by atoms with Gasteiger partial charge >= 0.3 is 0 Å². The first-order chi connectivity index (χ1) is 3.85. The van der Waals surface area contributed by atoms with Gasteiger partial charge in [-0.15, -0.1) is 11.8 Å². The summed E-state index contributed by atoms with van der Waals surface area (Å²) < 4.78 is 0. The number of nitrogens with zero attached hydrogens (tertiary/aromatic N) is 1. The van der Waals surface area contributed by atoms with Crippen LogP contribution in [0.4, 0.5) is 0 Å². The molecule has 0 aliphatic carbocycles. The molecule has 0 radical (unpaired) electrons. The van der Waals surface area contributed by atoms with Crippen LogP contribution in [0.25, 0.3) is 0 Å². The van der Waals surface area contributed by atoms with Crippen LogP contribution in [0.5, 0.6) is 0 Å². The third-order valence-electron chi connectivity index (χ3n) is 0.819. The molecular formula is C6H11NS. The smallest absolute Gasteiger partial charge is 0.0456 e. The highest BCUT2D eigenvalue weighted by molar-refractivity contribution is 8.01. The summed E-state index contributed by atoms with van der Waals surface area (Å²) >= 11 is 1.66. The van der Waals surface area contributed by atoms with E-state index in [0.717, 1.165) is 12.1 Å². The molecule has 1 nitrogen and oxygen atoms in total. The van der Waals surface area contributed by atoms with Crippen LogP contribution in [-0.2, 0) is 0 Å². The van der Waals surface area contributed by atoms with Crippen molar-refractivity contribution in [3.8, 4) is 0 Å². The summed E-state index contributed by atoms with van der Waals surface area (Å²) in [5.41, 5.74) is 1.07. The van der Waals surface area contributed by atoms with Crippen LogP contribution in [-0.4, -0.2) is 13.0 Å². The normalized spacial score (nSPS) is 11.5. The number of allylic oxidation sites excluding steroid dienone is 1. The van der Waals surface area contributed by atoms with Gasteiger partial charge in [0, 0.05) is 5.70 Å². The van der Waals surface area contributed by atoms with Crippen LogP contribution >= 0.6 is 11.8 Å². The second-order valence-corrected chi connectivity index (χ2v) is 2.06. The standard InChI is InChI=1S/C6H11NS/c1-4-6(7-2)5-8-3/h5H,2,4H2,1,3H3/b6-5-. The fourth-order valence-corrected chi connectivity index (χ4v) is 0.882. The van der Waals surface area contributed by atoms with E-state index in [-0.39, 0.29) is 0 Å². The first-order valence-electron chi connectivity index (χ1n) is 2.53. The Hall–Kier alpha value is -0.240. The highest BCUT2D eigenvalue weighted by Gasteiger charge is 1.82. The van der Waals surface area contributed by atoms with E-state index in [4.69, 9.17) is 0 Å². The van der Waals surface area contributed by atoms with Crippen molar-refractivity contribution in [2.75, 3.05) is 6.26 Å². The lowest BCUT2D eigenvalue weighted by Gasteiger charge is -1.90. The minimum Gasteiger partial charge on any atom is -0.269 e. The Labute approximate surface area is 54.9 Å². The van der Waals surface area contributed by atoms with Crippen molar-refractivity contribution in [3.05, 3.63) is 11.1 Å². The topological polar surface area (TPSA) is 12.4 Å². The van der Waals surface area contributed by atoms with Crippen LogP contribution in [0, 0.1) is 0 Å². The summed E-state index contributed by atoms with van der Waals surface area (Å²) in [5.74, 6) is 0. The molecule has 0 aromatic rings. The number of thioether (sulfide) groups is 1. The van der Waals surface area contributed by atoms with Crippen LogP contribution in [0.2, 0.25) is 0 Å². The van der Waals surface area contributed by atoms with E-state index in [1.165, 1.54) is 0 Å². The maximum absolute atomic E-state index is 3.79. The predicted molar refractivity (Wildman–Crippen MR) is 41.4 cm³/mol. The van der Waals surface area contributed by atoms with E-state index in [0.29, 0.717) is 0 Å². The van der Waals surface area contributed by atoms with Gasteiger partial charge in [0.05, 0.1) is 0 Å². The maximum atomic E-state index is 3.79. The fourth-order valence-electron chi connectivity index (χ4n) is 0.368. The summed E-state index contributed by atoms with van der Waals surface area (Å²) in [4.78, 5) is 3.79. The van der Waals surface area contributed by atoms with Gasteiger partial charge in [0.1, 0.15) is 0 Å². The third-order valence-corrected chi connectivity index (χ3v) is 1.33. The summed E-state index contributed by atoms with van der Waals surface area (Å²) in [7, 11) is 0. The molecule has 0 saturated heterocycles. The van der Waals surface area contributed by atoms with Crippen molar-refractivity contribution in [2.24, 2.45) is 4.99 Å². The highest BCUT2D eigenvalue weighted by atomic mass is 32.2. The van der Waals surface area contributed by atoms with Gasteiger partial charge in [0.25, 0.3) is 0 Å². The van der Waals surface area contributed by atoms with E-state index in [1.54, 1.807) is 11.8 Å². The molecule has 46 valence electrons. The first-order valence-corrected chi connectivity index (χ1v) is 3.82. The molecule has 0 amide bonds. The summed E-state index contributed by atoms with van der Waals surface area (Å²) in [5, 5.41) is 2.01. The lowest BCUT2D eigenvalue weighted by molar-refractivity contribution is 1.08. The molecule has 0 heterocycles. The Morgan fingerprint density at radius 1 is 1.88 bits per heavy atom. The molecule has 0 aromatic carbocycles. The zero-order chi connectivity index (χ0) is 6.41. The van der Waals surface area contributed by atoms with Gasteiger partial charge in [-0.05, 0) is 24.8 Å². The monoisotopic (exact) mass is 129 g/mol. The van der Waals surface area contributed by atoms with Crippen LogP contribution < -0.4 is 0 Å². The molecular weight excluding hydrogens is 118 g/mol. The quantitative estimate of drug-likeness (QED) is 0.533. The van der Waals surface area contributed by atoms with E-state index in [2.05, 4.69) is 18.6 Å². The Bertz CT molecular complexity index is 96.7. The zero-order valence-corrected chi connectivity index (χ0v) is 6.16. The van der Waals surface area contributed by atoms with E-state index < -0.39 is 0 Å². The van der Waals surface area contributed by atoms with E-state index in [1.807, 2.05) is 11.7 Å². The highest BCUT2D eigenvalue weighted by Crippen LogP contribution is 2.06. The average molecular weight is 129 g/mol. The van der Waals surface area contributed by atoms with Crippen LogP contribution in [0.3, 0.4) is 0 Å². The van der Waals surface area contributed by atoms with Crippen molar-refractivity contribution in [1.29, 1.82) is 0 Å². The predicted octanol–water partition coefficient (Wildman–Crippen LogP) is 2.30. The minimum absolute atomic E-state index is 0.977. The van der Waals surface area contributed by atoms with Crippen molar-refractivity contribution in [2.45, 2.75) is 13.3 Å². The van der Waals surface area contributed by atoms with Gasteiger partial charge in [-0.25, -0.2) is 0 Å². The number of hydrogen-bond donors (Lipinski definition) is 0. The molecule has 0 aliphatic rings. The molecule has 0 saturated carbocycles. The Morgan fingerprint density at radius 3 is 2.62 bits per heavy atom. The molecule has 0 N–H and O–H groups in total.